The number of carbonyl (C=O) groups is 1. The standard InChI is InChI=1S/C18H21NO/c1-4-19(5-2)18(20)17-12-10-16(11-13-17)15-8-6-14(3)7-9-15/h6-13H,4-5H2,1-3H3. The molecule has 0 atom stereocenters. The lowest BCUT2D eigenvalue weighted by Gasteiger charge is -2.18. The van der Waals surface area contributed by atoms with Crippen molar-refractivity contribution >= 4 is 5.91 Å². The number of hydrogen-bond acceptors (Lipinski definition) is 1. The van der Waals surface area contributed by atoms with Gasteiger partial charge in [0, 0.05) is 18.7 Å². The lowest BCUT2D eigenvalue weighted by atomic mass is 10.0. The van der Waals surface area contributed by atoms with Crippen LogP contribution in [0.2, 0.25) is 0 Å². The highest BCUT2D eigenvalue weighted by atomic mass is 16.2. The van der Waals surface area contributed by atoms with E-state index in [4.69, 9.17) is 0 Å². The molecule has 104 valence electrons. The molecule has 0 aliphatic carbocycles. The first-order chi connectivity index (χ1) is 9.65. The fourth-order valence-electron chi connectivity index (χ4n) is 2.24. The highest BCUT2D eigenvalue weighted by Gasteiger charge is 2.11. The molecule has 0 N–H and O–H groups in total. The topological polar surface area (TPSA) is 20.3 Å². The predicted octanol–water partition coefficient (Wildman–Crippen LogP) is 4.14. The van der Waals surface area contributed by atoms with Gasteiger partial charge in [0.05, 0.1) is 0 Å². The molecule has 2 nitrogen and oxygen atoms in total. The van der Waals surface area contributed by atoms with Crippen molar-refractivity contribution < 1.29 is 4.79 Å². The molecular weight excluding hydrogens is 246 g/mol. The fraction of sp³-hybridized carbons (Fsp3) is 0.278. The van der Waals surface area contributed by atoms with Crippen molar-refractivity contribution in [2.45, 2.75) is 20.8 Å². The molecule has 2 heteroatoms. The van der Waals surface area contributed by atoms with E-state index in [1.165, 1.54) is 11.1 Å². The van der Waals surface area contributed by atoms with Crippen LogP contribution in [-0.2, 0) is 0 Å². The van der Waals surface area contributed by atoms with Gasteiger partial charge in [0.15, 0.2) is 0 Å². The van der Waals surface area contributed by atoms with Gasteiger partial charge in [0.2, 0.25) is 0 Å². The summed E-state index contributed by atoms with van der Waals surface area (Å²) in [6, 6.07) is 16.3. The maximum absolute atomic E-state index is 12.2. The summed E-state index contributed by atoms with van der Waals surface area (Å²) in [6.07, 6.45) is 0. The van der Waals surface area contributed by atoms with Gasteiger partial charge in [-0.25, -0.2) is 0 Å². The van der Waals surface area contributed by atoms with Gasteiger partial charge >= 0.3 is 0 Å². The first-order valence-corrected chi connectivity index (χ1v) is 7.12. The smallest absolute Gasteiger partial charge is 0.253 e. The number of hydrogen-bond donors (Lipinski definition) is 0. The summed E-state index contributed by atoms with van der Waals surface area (Å²) in [5.74, 6) is 0.102. The van der Waals surface area contributed by atoms with Crippen molar-refractivity contribution in [3.05, 3.63) is 59.7 Å². The van der Waals surface area contributed by atoms with Crippen molar-refractivity contribution in [1.82, 2.24) is 4.90 Å². The molecule has 2 rings (SSSR count). The van der Waals surface area contributed by atoms with E-state index in [2.05, 4.69) is 31.2 Å². The molecule has 1 amide bonds. The van der Waals surface area contributed by atoms with Gasteiger partial charge < -0.3 is 4.90 Å². The SMILES string of the molecule is CCN(CC)C(=O)c1ccc(-c2ccc(C)cc2)cc1. The Morgan fingerprint density at radius 3 is 1.75 bits per heavy atom. The zero-order valence-corrected chi connectivity index (χ0v) is 12.4. The molecule has 0 saturated carbocycles. The van der Waals surface area contributed by atoms with Crippen LogP contribution in [0.15, 0.2) is 48.5 Å². The summed E-state index contributed by atoms with van der Waals surface area (Å²) in [7, 11) is 0. The number of amides is 1. The zero-order chi connectivity index (χ0) is 14.5. The van der Waals surface area contributed by atoms with Crippen LogP contribution >= 0.6 is 0 Å². The van der Waals surface area contributed by atoms with E-state index < -0.39 is 0 Å². The third-order valence-corrected chi connectivity index (χ3v) is 3.57. The Morgan fingerprint density at radius 2 is 1.30 bits per heavy atom. The van der Waals surface area contributed by atoms with E-state index in [-0.39, 0.29) is 5.91 Å². The molecule has 0 aliphatic heterocycles. The fourth-order valence-corrected chi connectivity index (χ4v) is 2.24. The van der Waals surface area contributed by atoms with Crippen LogP contribution in [0.25, 0.3) is 11.1 Å². The molecule has 2 aromatic rings. The Morgan fingerprint density at radius 1 is 0.850 bits per heavy atom. The van der Waals surface area contributed by atoms with Crippen LogP contribution in [0.3, 0.4) is 0 Å². The molecule has 20 heavy (non-hydrogen) atoms. The molecule has 0 radical (unpaired) electrons. The van der Waals surface area contributed by atoms with Crippen LogP contribution in [-0.4, -0.2) is 23.9 Å². The van der Waals surface area contributed by atoms with E-state index >= 15 is 0 Å². The molecule has 0 bridgehead atoms. The number of nitrogens with zero attached hydrogens (tertiary/aromatic N) is 1. The lowest BCUT2D eigenvalue weighted by Crippen LogP contribution is -2.30. The summed E-state index contributed by atoms with van der Waals surface area (Å²) < 4.78 is 0. The number of rotatable bonds is 4. The molecule has 0 aliphatic rings. The van der Waals surface area contributed by atoms with Crippen molar-refractivity contribution in [3.63, 3.8) is 0 Å². The normalized spacial score (nSPS) is 10.3. The monoisotopic (exact) mass is 267 g/mol. The van der Waals surface area contributed by atoms with Crippen LogP contribution in [0.1, 0.15) is 29.8 Å². The first kappa shape index (κ1) is 14.3. The number of benzene rings is 2. The van der Waals surface area contributed by atoms with Gasteiger partial charge in [-0.2, -0.15) is 0 Å². The highest BCUT2D eigenvalue weighted by molar-refractivity contribution is 5.94. The largest absolute Gasteiger partial charge is 0.339 e. The summed E-state index contributed by atoms with van der Waals surface area (Å²) in [5.41, 5.74) is 4.32. The lowest BCUT2D eigenvalue weighted by molar-refractivity contribution is 0.0773. The maximum Gasteiger partial charge on any atom is 0.253 e. The molecule has 0 fully saturated rings. The van der Waals surface area contributed by atoms with E-state index in [9.17, 15) is 4.79 Å². The second kappa shape index (κ2) is 6.38. The average molecular weight is 267 g/mol. The molecule has 0 heterocycles. The maximum atomic E-state index is 12.2. The van der Waals surface area contributed by atoms with Crippen LogP contribution in [0.4, 0.5) is 0 Å². The second-order valence-corrected chi connectivity index (χ2v) is 4.92. The quantitative estimate of drug-likeness (QED) is 0.815. The third kappa shape index (κ3) is 3.08. The van der Waals surface area contributed by atoms with Crippen LogP contribution in [0, 0.1) is 6.92 Å². The van der Waals surface area contributed by atoms with Gasteiger partial charge in [-0.3, -0.25) is 4.79 Å². The summed E-state index contributed by atoms with van der Waals surface area (Å²) in [6.45, 7) is 7.57. The highest BCUT2D eigenvalue weighted by Crippen LogP contribution is 2.20. The molecular formula is C18H21NO. The first-order valence-electron chi connectivity index (χ1n) is 7.12. The molecule has 2 aromatic carbocycles. The molecule has 0 spiro atoms. The van der Waals surface area contributed by atoms with Gasteiger partial charge in [-0.1, -0.05) is 42.0 Å². The van der Waals surface area contributed by atoms with E-state index in [1.807, 2.05) is 43.0 Å². The second-order valence-electron chi connectivity index (χ2n) is 4.92. The summed E-state index contributed by atoms with van der Waals surface area (Å²) in [4.78, 5) is 14.1. The minimum Gasteiger partial charge on any atom is -0.339 e. The van der Waals surface area contributed by atoms with E-state index in [1.54, 1.807) is 0 Å². The zero-order valence-electron chi connectivity index (χ0n) is 12.4. The van der Waals surface area contributed by atoms with Gasteiger partial charge in [0.1, 0.15) is 0 Å². The van der Waals surface area contributed by atoms with E-state index in [0.29, 0.717) is 0 Å². The number of aryl methyl sites for hydroxylation is 1. The third-order valence-electron chi connectivity index (χ3n) is 3.57. The van der Waals surface area contributed by atoms with E-state index in [0.717, 1.165) is 24.2 Å². The van der Waals surface area contributed by atoms with Crippen molar-refractivity contribution in [1.29, 1.82) is 0 Å². The summed E-state index contributed by atoms with van der Waals surface area (Å²) in [5, 5.41) is 0. The summed E-state index contributed by atoms with van der Waals surface area (Å²) >= 11 is 0. The van der Waals surface area contributed by atoms with Gasteiger partial charge in [-0.15, -0.1) is 0 Å². The van der Waals surface area contributed by atoms with Crippen LogP contribution in [0.5, 0.6) is 0 Å². The predicted molar refractivity (Wildman–Crippen MR) is 83.9 cm³/mol. The minimum atomic E-state index is 0.102. The molecule has 0 aromatic heterocycles. The van der Waals surface area contributed by atoms with Crippen molar-refractivity contribution in [3.8, 4) is 11.1 Å². The van der Waals surface area contributed by atoms with Gasteiger partial charge in [-0.05, 0) is 44.0 Å². The Kier molecular flexibility index (Phi) is 4.57. The molecule has 0 saturated heterocycles. The minimum absolute atomic E-state index is 0.102. The molecule has 0 unspecified atom stereocenters. The average Bonchev–Trinajstić information content (AvgIpc) is 2.49. The number of carbonyl (C=O) groups excluding carboxylic acids is 1. The van der Waals surface area contributed by atoms with Gasteiger partial charge in [0.25, 0.3) is 5.91 Å². The Hall–Kier alpha value is -2.09. The van der Waals surface area contributed by atoms with Crippen molar-refractivity contribution in [2.75, 3.05) is 13.1 Å². The Balaban J connectivity index is 2.22. The Bertz CT molecular complexity index is 565. The van der Waals surface area contributed by atoms with Crippen LogP contribution < -0.4 is 0 Å². The van der Waals surface area contributed by atoms with Crippen molar-refractivity contribution in [2.24, 2.45) is 0 Å². The Labute approximate surface area is 121 Å².